The summed E-state index contributed by atoms with van der Waals surface area (Å²) in [5.41, 5.74) is 0. The molecule has 6 nitrogen and oxygen atoms in total. The Balaban J connectivity index is 1.97. The Hall–Kier alpha value is -1.67. The molecule has 1 aliphatic heterocycles. The molecule has 21 heavy (non-hydrogen) atoms. The zero-order chi connectivity index (χ0) is 15.6. The van der Waals surface area contributed by atoms with Crippen LogP contribution in [0.3, 0.4) is 0 Å². The molecule has 2 rings (SSSR count). The number of ether oxygens (including phenoxy) is 1. The van der Waals surface area contributed by atoms with Gasteiger partial charge in [-0.25, -0.2) is 22.3 Å². The molecule has 0 aromatic heterocycles. The Morgan fingerprint density at radius 2 is 2.00 bits per heavy atom. The van der Waals surface area contributed by atoms with Crippen LogP contribution in [0.15, 0.2) is 29.2 Å². The maximum Gasteiger partial charge on any atom is 0.410 e. The third kappa shape index (κ3) is 3.70. The molecule has 116 valence electrons. The number of nitrogens with zero attached hydrogens (tertiary/aromatic N) is 1. The highest BCUT2D eigenvalue weighted by atomic mass is 32.2. The molecule has 1 aliphatic rings. The summed E-state index contributed by atoms with van der Waals surface area (Å²) in [6.07, 6.45) is -0.980. The highest BCUT2D eigenvalue weighted by molar-refractivity contribution is 7.89. The van der Waals surface area contributed by atoms with E-state index in [9.17, 15) is 17.6 Å². The zero-order valence-electron chi connectivity index (χ0n) is 11.7. The number of carbonyl (C=O) groups excluding carboxylic acids is 1. The average molecular weight is 316 g/mol. The molecule has 0 radical (unpaired) electrons. The van der Waals surface area contributed by atoms with Crippen molar-refractivity contribution in [1.82, 2.24) is 9.62 Å². The van der Waals surface area contributed by atoms with Gasteiger partial charge in [-0.05, 0) is 38.1 Å². The van der Waals surface area contributed by atoms with E-state index >= 15 is 0 Å². The van der Waals surface area contributed by atoms with Crippen LogP contribution in [0, 0.1) is 5.82 Å². The summed E-state index contributed by atoms with van der Waals surface area (Å²) >= 11 is 0. The molecule has 1 aromatic rings. The number of cyclic esters (lactones) is 1. The number of halogens is 1. The summed E-state index contributed by atoms with van der Waals surface area (Å²) in [5, 5.41) is 0. The Kier molecular flexibility index (Phi) is 4.48. The lowest BCUT2D eigenvalue weighted by Gasteiger charge is -2.16. The fourth-order valence-electron chi connectivity index (χ4n) is 1.97. The van der Waals surface area contributed by atoms with E-state index in [1.165, 1.54) is 17.0 Å². The molecular weight excluding hydrogens is 299 g/mol. The van der Waals surface area contributed by atoms with Crippen LogP contribution in [-0.2, 0) is 14.8 Å². The van der Waals surface area contributed by atoms with E-state index in [-0.39, 0.29) is 17.5 Å². The summed E-state index contributed by atoms with van der Waals surface area (Å²) in [6.45, 7) is 4.02. The second-order valence-corrected chi connectivity index (χ2v) is 6.82. The van der Waals surface area contributed by atoms with Crippen LogP contribution in [0.1, 0.15) is 13.8 Å². The van der Waals surface area contributed by atoms with Crippen molar-refractivity contribution in [2.24, 2.45) is 0 Å². The number of amides is 1. The molecule has 0 spiro atoms. The molecule has 0 bridgehead atoms. The highest BCUT2D eigenvalue weighted by Crippen LogP contribution is 2.15. The van der Waals surface area contributed by atoms with Crippen molar-refractivity contribution in [2.75, 3.05) is 13.1 Å². The Morgan fingerprint density at radius 3 is 2.52 bits per heavy atom. The molecule has 0 aliphatic carbocycles. The molecular formula is C13H17FN2O4S. The second kappa shape index (κ2) is 5.98. The second-order valence-electron chi connectivity index (χ2n) is 5.06. The first kappa shape index (κ1) is 15.7. The van der Waals surface area contributed by atoms with Gasteiger partial charge >= 0.3 is 6.09 Å². The summed E-state index contributed by atoms with van der Waals surface area (Å²) in [5.74, 6) is -0.508. The van der Waals surface area contributed by atoms with Gasteiger partial charge in [-0.3, -0.25) is 0 Å². The molecule has 1 aromatic carbocycles. The quantitative estimate of drug-likeness (QED) is 0.889. The number of carbonyl (C=O) groups is 1. The smallest absolute Gasteiger partial charge is 0.410 e. The molecule has 1 heterocycles. The normalized spacial score (nSPS) is 19.1. The zero-order valence-corrected chi connectivity index (χ0v) is 12.6. The van der Waals surface area contributed by atoms with E-state index in [1.54, 1.807) is 0 Å². The summed E-state index contributed by atoms with van der Waals surface area (Å²) in [7, 11) is -3.75. The van der Waals surface area contributed by atoms with Gasteiger partial charge in [0.25, 0.3) is 0 Å². The van der Waals surface area contributed by atoms with Gasteiger partial charge in [-0.1, -0.05) is 0 Å². The van der Waals surface area contributed by atoms with Crippen LogP contribution in [0.25, 0.3) is 0 Å². The largest absolute Gasteiger partial charge is 0.443 e. The van der Waals surface area contributed by atoms with Gasteiger partial charge in [0.1, 0.15) is 11.9 Å². The Morgan fingerprint density at radius 1 is 1.38 bits per heavy atom. The molecule has 1 atom stereocenters. The van der Waals surface area contributed by atoms with E-state index in [2.05, 4.69) is 4.72 Å². The fraction of sp³-hybridized carbons (Fsp3) is 0.462. The van der Waals surface area contributed by atoms with E-state index in [1.807, 2.05) is 13.8 Å². The van der Waals surface area contributed by atoms with Crippen LogP contribution in [0.5, 0.6) is 0 Å². The number of nitrogens with one attached hydrogen (secondary N) is 1. The minimum Gasteiger partial charge on any atom is -0.443 e. The number of hydrogen-bond donors (Lipinski definition) is 1. The van der Waals surface area contributed by atoms with Crippen molar-refractivity contribution in [1.29, 1.82) is 0 Å². The first-order chi connectivity index (χ1) is 9.79. The van der Waals surface area contributed by atoms with Crippen LogP contribution in [-0.4, -0.2) is 44.6 Å². The van der Waals surface area contributed by atoms with Crippen molar-refractivity contribution in [2.45, 2.75) is 30.9 Å². The molecule has 0 saturated carbocycles. The fourth-order valence-corrected chi connectivity index (χ4v) is 3.04. The molecule has 1 unspecified atom stereocenters. The first-order valence-corrected chi connectivity index (χ1v) is 8.00. The Labute approximate surface area is 122 Å². The van der Waals surface area contributed by atoms with E-state index in [0.717, 1.165) is 12.1 Å². The maximum atomic E-state index is 12.8. The summed E-state index contributed by atoms with van der Waals surface area (Å²) in [6, 6.07) is 4.50. The lowest BCUT2D eigenvalue weighted by atomic mass is 10.3. The van der Waals surface area contributed by atoms with Crippen molar-refractivity contribution >= 4 is 16.1 Å². The van der Waals surface area contributed by atoms with Gasteiger partial charge < -0.3 is 9.64 Å². The SMILES string of the molecule is CC(C)N1CC(CNS(=O)(=O)c2ccc(F)cc2)OC1=O. The Bertz CT molecular complexity index is 616. The predicted octanol–water partition coefficient (Wildman–Crippen LogP) is 1.33. The van der Waals surface area contributed by atoms with Crippen LogP contribution >= 0.6 is 0 Å². The molecule has 1 fully saturated rings. The van der Waals surface area contributed by atoms with Gasteiger partial charge in [-0.15, -0.1) is 0 Å². The van der Waals surface area contributed by atoms with Crippen molar-refractivity contribution < 1.29 is 22.3 Å². The predicted molar refractivity (Wildman–Crippen MR) is 73.7 cm³/mol. The standard InChI is InChI=1S/C13H17FN2O4S/c1-9(2)16-8-11(20-13(16)17)7-15-21(18,19)12-5-3-10(14)4-6-12/h3-6,9,11,15H,7-8H2,1-2H3. The third-order valence-electron chi connectivity index (χ3n) is 3.15. The van der Waals surface area contributed by atoms with Crippen LogP contribution in [0.2, 0.25) is 0 Å². The van der Waals surface area contributed by atoms with Crippen molar-refractivity contribution in [3.05, 3.63) is 30.1 Å². The van der Waals surface area contributed by atoms with Crippen LogP contribution < -0.4 is 4.72 Å². The highest BCUT2D eigenvalue weighted by Gasteiger charge is 2.33. The van der Waals surface area contributed by atoms with E-state index < -0.39 is 28.0 Å². The molecule has 1 amide bonds. The van der Waals surface area contributed by atoms with Gasteiger partial charge in [0, 0.05) is 12.6 Å². The number of hydrogen-bond acceptors (Lipinski definition) is 4. The monoisotopic (exact) mass is 316 g/mol. The lowest BCUT2D eigenvalue weighted by Crippen LogP contribution is -2.36. The van der Waals surface area contributed by atoms with E-state index in [4.69, 9.17) is 4.74 Å². The first-order valence-electron chi connectivity index (χ1n) is 6.52. The van der Waals surface area contributed by atoms with Gasteiger partial charge in [0.05, 0.1) is 11.4 Å². The third-order valence-corrected chi connectivity index (χ3v) is 4.59. The van der Waals surface area contributed by atoms with Crippen LogP contribution in [0.4, 0.5) is 9.18 Å². The number of benzene rings is 1. The summed E-state index contributed by atoms with van der Waals surface area (Å²) < 4.78 is 44.3. The van der Waals surface area contributed by atoms with Crippen molar-refractivity contribution in [3.8, 4) is 0 Å². The van der Waals surface area contributed by atoms with Gasteiger partial charge in [0.15, 0.2) is 0 Å². The molecule has 1 saturated heterocycles. The van der Waals surface area contributed by atoms with Gasteiger partial charge in [-0.2, -0.15) is 0 Å². The minimum absolute atomic E-state index is 0.00351. The van der Waals surface area contributed by atoms with E-state index in [0.29, 0.717) is 6.54 Å². The lowest BCUT2D eigenvalue weighted by molar-refractivity contribution is 0.130. The molecule has 8 heteroatoms. The molecule has 1 N–H and O–H groups in total. The van der Waals surface area contributed by atoms with Gasteiger partial charge in [0.2, 0.25) is 10.0 Å². The summed E-state index contributed by atoms with van der Waals surface area (Å²) in [4.78, 5) is 13.0. The number of rotatable bonds is 5. The topological polar surface area (TPSA) is 75.7 Å². The number of sulfonamides is 1. The average Bonchev–Trinajstić information content (AvgIpc) is 2.79. The van der Waals surface area contributed by atoms with Crippen molar-refractivity contribution in [3.63, 3.8) is 0 Å². The minimum atomic E-state index is -3.75. The maximum absolute atomic E-state index is 12.8.